The lowest BCUT2D eigenvalue weighted by molar-refractivity contribution is 0.214. The molecule has 2 aromatic rings. The van der Waals surface area contributed by atoms with Crippen molar-refractivity contribution in [1.82, 2.24) is 30.2 Å². The van der Waals surface area contributed by atoms with E-state index in [4.69, 9.17) is 12.2 Å². The molecular weight excluding hydrogens is 322 g/mol. The van der Waals surface area contributed by atoms with Gasteiger partial charge in [0.1, 0.15) is 11.4 Å². The summed E-state index contributed by atoms with van der Waals surface area (Å²) in [7, 11) is 2.11. The highest BCUT2D eigenvalue weighted by atomic mass is 32.1. The maximum atomic E-state index is 5.46. The number of hydrogen-bond acceptors (Lipinski definition) is 6. The lowest BCUT2D eigenvalue weighted by Gasteiger charge is -2.33. The van der Waals surface area contributed by atoms with Gasteiger partial charge < -0.3 is 9.80 Å². The molecule has 2 aromatic heterocycles. The molecule has 0 unspecified atom stereocenters. The van der Waals surface area contributed by atoms with Crippen LogP contribution in [-0.2, 0) is 0 Å². The molecule has 124 valence electrons. The molecule has 3 rings (SSSR count). The number of thiocarbonyl (C=S) groups is 1. The Morgan fingerprint density at radius 3 is 2.54 bits per heavy atom. The van der Waals surface area contributed by atoms with Crippen LogP contribution in [0.2, 0.25) is 0 Å². The summed E-state index contributed by atoms with van der Waals surface area (Å²) in [6.07, 6.45) is 6.64. The zero-order valence-corrected chi connectivity index (χ0v) is 14.3. The molecule has 0 spiro atoms. The summed E-state index contributed by atoms with van der Waals surface area (Å²) in [5.74, 6) is 0. The van der Waals surface area contributed by atoms with Crippen molar-refractivity contribution < 1.29 is 0 Å². The molecule has 1 N–H and O–H groups in total. The van der Waals surface area contributed by atoms with E-state index in [9.17, 15) is 0 Å². The summed E-state index contributed by atoms with van der Waals surface area (Å²) >= 11 is 5.46. The first kappa shape index (κ1) is 16.4. The Hall–Kier alpha value is -2.45. The minimum absolute atomic E-state index is 0.611. The Kier molecular flexibility index (Phi) is 5.39. The number of nitrogens with zero attached hydrogens (tertiary/aromatic N) is 6. The van der Waals surface area contributed by atoms with Crippen LogP contribution in [-0.4, -0.2) is 68.8 Å². The van der Waals surface area contributed by atoms with E-state index in [1.54, 1.807) is 24.8 Å². The van der Waals surface area contributed by atoms with Crippen LogP contribution in [0.15, 0.2) is 48.1 Å². The van der Waals surface area contributed by atoms with Gasteiger partial charge in [-0.2, -0.15) is 5.10 Å². The fraction of sp³-hybridized carbons (Fsp3) is 0.312. The number of aromatic nitrogens is 3. The normalized spacial score (nSPS) is 16.0. The number of likely N-dealkylation sites (N-methyl/N-ethyl adjacent to an activating group) is 1. The Morgan fingerprint density at radius 1 is 1.08 bits per heavy atom. The standard InChI is InChI=1S/C16H19N7S/c1-22-8-10-23(11-9-22)16(24)21-20-15(13-4-2-3-5-18-13)14-12-17-6-7-19-14/h2-7,12H,8-11H2,1H3,(H,21,24)/b20-15-. The Balaban J connectivity index is 1.78. The molecule has 0 aliphatic carbocycles. The van der Waals surface area contributed by atoms with E-state index >= 15 is 0 Å². The van der Waals surface area contributed by atoms with Crippen molar-refractivity contribution in [2.75, 3.05) is 33.2 Å². The lowest BCUT2D eigenvalue weighted by Crippen LogP contribution is -2.49. The highest BCUT2D eigenvalue weighted by Crippen LogP contribution is 2.05. The number of hydrogen-bond donors (Lipinski definition) is 1. The Labute approximate surface area is 146 Å². The Morgan fingerprint density at radius 2 is 1.88 bits per heavy atom. The zero-order chi connectivity index (χ0) is 16.8. The first-order valence-corrected chi connectivity index (χ1v) is 8.14. The SMILES string of the molecule is CN1CCN(C(=S)N/N=C(/c2ccccn2)c2cnccn2)CC1. The minimum Gasteiger partial charge on any atom is -0.345 e. The second-order valence-electron chi connectivity index (χ2n) is 5.47. The van der Waals surface area contributed by atoms with Gasteiger partial charge in [-0.1, -0.05) is 6.07 Å². The molecule has 0 radical (unpaired) electrons. The molecule has 3 heterocycles. The van der Waals surface area contributed by atoms with Gasteiger partial charge in [0.2, 0.25) is 0 Å². The van der Waals surface area contributed by atoms with Crippen molar-refractivity contribution in [3.63, 3.8) is 0 Å². The summed E-state index contributed by atoms with van der Waals surface area (Å²) in [6, 6.07) is 5.65. The van der Waals surface area contributed by atoms with E-state index in [0.29, 0.717) is 22.2 Å². The first-order chi connectivity index (χ1) is 11.7. The third-order valence-corrected chi connectivity index (χ3v) is 4.12. The van der Waals surface area contributed by atoms with Crippen molar-refractivity contribution in [2.45, 2.75) is 0 Å². The number of hydrazone groups is 1. The van der Waals surface area contributed by atoms with Crippen LogP contribution in [0.5, 0.6) is 0 Å². The maximum Gasteiger partial charge on any atom is 0.189 e. The van der Waals surface area contributed by atoms with Crippen LogP contribution in [0.3, 0.4) is 0 Å². The monoisotopic (exact) mass is 341 g/mol. The van der Waals surface area contributed by atoms with Gasteiger partial charge >= 0.3 is 0 Å². The molecule has 1 fully saturated rings. The number of nitrogens with one attached hydrogen (secondary N) is 1. The van der Waals surface area contributed by atoms with Gasteiger partial charge in [-0.3, -0.25) is 20.4 Å². The zero-order valence-electron chi connectivity index (χ0n) is 13.5. The summed E-state index contributed by atoms with van der Waals surface area (Å²) in [4.78, 5) is 17.2. The van der Waals surface area contributed by atoms with Gasteiger partial charge in [0.25, 0.3) is 0 Å². The molecular formula is C16H19N7S. The molecule has 0 amide bonds. The lowest BCUT2D eigenvalue weighted by atomic mass is 10.2. The first-order valence-electron chi connectivity index (χ1n) is 7.73. The van der Waals surface area contributed by atoms with Crippen molar-refractivity contribution in [3.8, 4) is 0 Å². The minimum atomic E-state index is 0.611. The van der Waals surface area contributed by atoms with E-state index in [2.05, 4.69) is 42.3 Å². The molecule has 1 aliphatic rings. The largest absolute Gasteiger partial charge is 0.345 e. The van der Waals surface area contributed by atoms with Gasteiger partial charge in [0.15, 0.2) is 5.11 Å². The van der Waals surface area contributed by atoms with Gasteiger partial charge in [-0.15, -0.1) is 0 Å². The fourth-order valence-electron chi connectivity index (χ4n) is 2.35. The van der Waals surface area contributed by atoms with Gasteiger partial charge in [0, 0.05) is 44.8 Å². The van der Waals surface area contributed by atoms with E-state index < -0.39 is 0 Å². The van der Waals surface area contributed by atoms with Crippen molar-refractivity contribution >= 4 is 23.0 Å². The van der Waals surface area contributed by atoms with Gasteiger partial charge in [-0.05, 0) is 31.4 Å². The summed E-state index contributed by atoms with van der Waals surface area (Å²) in [5, 5.41) is 5.08. The Bertz CT molecular complexity index is 655. The summed E-state index contributed by atoms with van der Waals surface area (Å²) in [5.41, 5.74) is 4.95. The molecule has 0 saturated carbocycles. The third kappa shape index (κ3) is 4.09. The van der Waals surface area contributed by atoms with Crippen LogP contribution < -0.4 is 5.43 Å². The maximum absolute atomic E-state index is 5.46. The van der Waals surface area contributed by atoms with E-state index in [1.165, 1.54) is 0 Å². The topological polar surface area (TPSA) is 69.5 Å². The predicted molar refractivity (Wildman–Crippen MR) is 96.7 cm³/mol. The molecule has 1 aliphatic heterocycles. The second-order valence-corrected chi connectivity index (χ2v) is 5.86. The highest BCUT2D eigenvalue weighted by molar-refractivity contribution is 7.80. The quantitative estimate of drug-likeness (QED) is 0.502. The van der Waals surface area contributed by atoms with E-state index in [0.717, 1.165) is 26.2 Å². The molecule has 1 saturated heterocycles. The molecule has 0 atom stereocenters. The molecule has 24 heavy (non-hydrogen) atoms. The molecule has 8 heteroatoms. The van der Waals surface area contributed by atoms with Crippen LogP contribution in [0.25, 0.3) is 0 Å². The molecule has 0 aromatic carbocycles. The average molecular weight is 341 g/mol. The highest BCUT2D eigenvalue weighted by Gasteiger charge is 2.17. The van der Waals surface area contributed by atoms with Gasteiger partial charge in [-0.25, -0.2) is 0 Å². The van der Waals surface area contributed by atoms with E-state index in [1.807, 2.05) is 18.2 Å². The number of pyridine rings is 1. The van der Waals surface area contributed by atoms with Crippen LogP contribution in [0, 0.1) is 0 Å². The second kappa shape index (κ2) is 7.89. The third-order valence-electron chi connectivity index (χ3n) is 3.77. The fourth-order valence-corrected chi connectivity index (χ4v) is 2.58. The molecule has 0 bridgehead atoms. The van der Waals surface area contributed by atoms with Crippen molar-refractivity contribution in [2.24, 2.45) is 5.10 Å². The van der Waals surface area contributed by atoms with Crippen molar-refractivity contribution in [1.29, 1.82) is 0 Å². The van der Waals surface area contributed by atoms with Crippen LogP contribution >= 0.6 is 12.2 Å². The number of piperazine rings is 1. The summed E-state index contributed by atoms with van der Waals surface area (Å²) in [6.45, 7) is 3.76. The van der Waals surface area contributed by atoms with Gasteiger partial charge in [0.05, 0.1) is 11.9 Å². The van der Waals surface area contributed by atoms with E-state index in [-0.39, 0.29) is 0 Å². The predicted octanol–water partition coefficient (Wildman–Crippen LogP) is 0.746. The van der Waals surface area contributed by atoms with Crippen molar-refractivity contribution in [3.05, 3.63) is 54.4 Å². The summed E-state index contributed by atoms with van der Waals surface area (Å²) < 4.78 is 0. The average Bonchev–Trinajstić information content (AvgIpc) is 2.64. The van der Waals surface area contributed by atoms with Crippen LogP contribution in [0.1, 0.15) is 11.4 Å². The van der Waals surface area contributed by atoms with Crippen LogP contribution in [0.4, 0.5) is 0 Å². The number of rotatable bonds is 3. The molecule has 7 nitrogen and oxygen atoms in total. The smallest absolute Gasteiger partial charge is 0.189 e.